The standard InChI is InChI=1S/C16H19NO2/c18-13-9-12(17-6-2-1-3-7-17)16(19)15-11-5-4-10(8-11)14(13)15/h4-5,9-11,14-15H,1-3,6-8H2/t10-,11+,14-,15+/m1/s1. The fourth-order valence-electron chi connectivity index (χ4n) is 4.42. The van der Waals surface area contributed by atoms with Crippen LogP contribution >= 0.6 is 0 Å². The van der Waals surface area contributed by atoms with E-state index in [2.05, 4.69) is 17.1 Å². The van der Waals surface area contributed by atoms with Gasteiger partial charge < -0.3 is 4.90 Å². The van der Waals surface area contributed by atoms with Gasteiger partial charge in [-0.1, -0.05) is 12.2 Å². The van der Waals surface area contributed by atoms with Gasteiger partial charge in [-0.05, 0) is 37.5 Å². The molecule has 1 aliphatic heterocycles. The number of carbonyl (C=O) groups excluding carboxylic acids is 2. The van der Waals surface area contributed by atoms with Gasteiger partial charge in [-0.15, -0.1) is 0 Å². The average Bonchev–Trinajstić information content (AvgIpc) is 3.05. The first-order chi connectivity index (χ1) is 9.25. The lowest BCUT2D eigenvalue weighted by molar-refractivity contribution is -0.131. The van der Waals surface area contributed by atoms with E-state index in [0.717, 1.165) is 32.4 Å². The Bertz CT molecular complexity index is 499. The number of ketones is 2. The number of allylic oxidation sites excluding steroid dienone is 4. The van der Waals surface area contributed by atoms with Gasteiger partial charge in [-0.2, -0.15) is 0 Å². The summed E-state index contributed by atoms with van der Waals surface area (Å²) in [5.74, 6) is 0.983. The van der Waals surface area contributed by atoms with Gasteiger partial charge in [0.25, 0.3) is 0 Å². The molecule has 0 unspecified atom stereocenters. The van der Waals surface area contributed by atoms with Crippen LogP contribution in [0.15, 0.2) is 23.9 Å². The fraction of sp³-hybridized carbons (Fsp3) is 0.625. The van der Waals surface area contributed by atoms with Crippen LogP contribution in [0.4, 0.5) is 0 Å². The van der Waals surface area contributed by atoms with E-state index in [1.807, 2.05) is 0 Å². The van der Waals surface area contributed by atoms with Crippen LogP contribution in [-0.2, 0) is 9.59 Å². The molecule has 0 aromatic heterocycles. The van der Waals surface area contributed by atoms with E-state index in [9.17, 15) is 9.59 Å². The maximum atomic E-state index is 12.7. The highest BCUT2D eigenvalue weighted by Crippen LogP contribution is 2.51. The molecule has 0 N–H and O–H groups in total. The summed E-state index contributed by atoms with van der Waals surface area (Å²) >= 11 is 0. The van der Waals surface area contributed by atoms with Crippen LogP contribution in [-0.4, -0.2) is 29.6 Å². The molecule has 19 heavy (non-hydrogen) atoms. The van der Waals surface area contributed by atoms with Gasteiger partial charge in [0, 0.05) is 31.0 Å². The number of carbonyl (C=O) groups is 2. The van der Waals surface area contributed by atoms with Crippen molar-refractivity contribution in [3.63, 3.8) is 0 Å². The second-order valence-corrected chi connectivity index (χ2v) is 6.34. The van der Waals surface area contributed by atoms with Gasteiger partial charge in [-0.3, -0.25) is 9.59 Å². The molecule has 1 saturated heterocycles. The predicted molar refractivity (Wildman–Crippen MR) is 71.2 cm³/mol. The van der Waals surface area contributed by atoms with Crippen molar-refractivity contribution in [3.05, 3.63) is 23.9 Å². The van der Waals surface area contributed by atoms with Gasteiger partial charge in [0.05, 0.1) is 5.70 Å². The third-order valence-electron chi connectivity index (χ3n) is 5.32. The lowest BCUT2D eigenvalue weighted by Crippen LogP contribution is -2.43. The molecule has 1 saturated carbocycles. The van der Waals surface area contributed by atoms with Crippen molar-refractivity contribution in [3.8, 4) is 0 Å². The monoisotopic (exact) mass is 257 g/mol. The number of fused-ring (bicyclic) bond motifs is 5. The minimum Gasteiger partial charge on any atom is -0.369 e. The fourth-order valence-corrected chi connectivity index (χ4v) is 4.42. The molecule has 4 rings (SSSR count). The van der Waals surface area contributed by atoms with Gasteiger partial charge in [0.2, 0.25) is 0 Å². The summed E-state index contributed by atoms with van der Waals surface area (Å²) in [5.41, 5.74) is 0.715. The first kappa shape index (κ1) is 11.4. The Balaban J connectivity index is 1.67. The quantitative estimate of drug-likeness (QED) is 0.674. The molecule has 0 aromatic rings. The van der Waals surface area contributed by atoms with Crippen molar-refractivity contribution in [2.45, 2.75) is 25.7 Å². The smallest absolute Gasteiger partial charge is 0.183 e. The maximum Gasteiger partial charge on any atom is 0.183 e. The molecule has 0 spiro atoms. The maximum absolute atomic E-state index is 12.7. The molecule has 1 heterocycles. The molecule has 3 aliphatic carbocycles. The van der Waals surface area contributed by atoms with E-state index < -0.39 is 0 Å². The van der Waals surface area contributed by atoms with Crippen molar-refractivity contribution >= 4 is 11.6 Å². The third kappa shape index (κ3) is 1.57. The van der Waals surface area contributed by atoms with E-state index >= 15 is 0 Å². The van der Waals surface area contributed by atoms with Gasteiger partial charge in [-0.25, -0.2) is 0 Å². The summed E-state index contributed by atoms with van der Waals surface area (Å²) in [5, 5.41) is 0. The van der Waals surface area contributed by atoms with E-state index in [1.54, 1.807) is 6.08 Å². The zero-order chi connectivity index (χ0) is 13.0. The number of hydrogen-bond donors (Lipinski definition) is 0. The summed E-state index contributed by atoms with van der Waals surface area (Å²) in [4.78, 5) is 27.3. The number of hydrogen-bond acceptors (Lipinski definition) is 3. The van der Waals surface area contributed by atoms with Crippen LogP contribution < -0.4 is 0 Å². The molecule has 4 atom stereocenters. The summed E-state index contributed by atoms with van der Waals surface area (Å²) in [6, 6.07) is 0. The molecule has 2 bridgehead atoms. The summed E-state index contributed by atoms with van der Waals surface area (Å²) in [6.45, 7) is 1.87. The highest BCUT2D eigenvalue weighted by molar-refractivity contribution is 6.11. The van der Waals surface area contributed by atoms with Crippen LogP contribution in [0.1, 0.15) is 25.7 Å². The summed E-state index contributed by atoms with van der Waals surface area (Å²) in [7, 11) is 0. The second kappa shape index (κ2) is 4.06. The zero-order valence-electron chi connectivity index (χ0n) is 11.0. The minimum atomic E-state index is -0.0515. The average molecular weight is 257 g/mol. The van der Waals surface area contributed by atoms with Crippen LogP contribution in [0.3, 0.4) is 0 Å². The molecular formula is C16H19NO2. The van der Waals surface area contributed by atoms with Crippen molar-refractivity contribution < 1.29 is 9.59 Å². The Hall–Kier alpha value is -1.38. The highest BCUT2D eigenvalue weighted by Gasteiger charge is 2.53. The van der Waals surface area contributed by atoms with Gasteiger partial charge in [0.1, 0.15) is 0 Å². The number of nitrogens with zero attached hydrogens (tertiary/aromatic N) is 1. The molecular weight excluding hydrogens is 238 g/mol. The highest BCUT2D eigenvalue weighted by atomic mass is 16.1. The first-order valence-corrected chi connectivity index (χ1v) is 7.49. The zero-order valence-corrected chi connectivity index (χ0v) is 11.0. The Morgan fingerprint density at radius 1 is 0.947 bits per heavy atom. The third-order valence-corrected chi connectivity index (χ3v) is 5.32. The van der Waals surface area contributed by atoms with Crippen molar-refractivity contribution in [1.29, 1.82) is 0 Å². The number of piperidine rings is 1. The Kier molecular flexibility index (Phi) is 2.44. The van der Waals surface area contributed by atoms with E-state index in [-0.39, 0.29) is 23.4 Å². The lowest BCUT2D eigenvalue weighted by Gasteiger charge is -2.36. The van der Waals surface area contributed by atoms with E-state index in [0.29, 0.717) is 17.5 Å². The van der Waals surface area contributed by atoms with Crippen LogP contribution in [0.5, 0.6) is 0 Å². The molecule has 100 valence electrons. The number of rotatable bonds is 1. The first-order valence-electron chi connectivity index (χ1n) is 7.49. The van der Waals surface area contributed by atoms with Crippen LogP contribution in [0, 0.1) is 23.7 Å². The predicted octanol–water partition coefficient (Wildman–Crippen LogP) is 1.95. The normalized spacial score (nSPS) is 40.6. The largest absolute Gasteiger partial charge is 0.369 e. The van der Waals surface area contributed by atoms with Crippen molar-refractivity contribution in [1.82, 2.24) is 4.90 Å². The molecule has 0 amide bonds. The second-order valence-electron chi connectivity index (χ2n) is 6.34. The molecule has 3 heteroatoms. The van der Waals surface area contributed by atoms with Gasteiger partial charge in [0.15, 0.2) is 11.6 Å². The molecule has 0 radical (unpaired) electrons. The molecule has 2 fully saturated rings. The number of likely N-dealkylation sites (tertiary alicyclic amines) is 1. The van der Waals surface area contributed by atoms with Crippen molar-refractivity contribution in [2.75, 3.05) is 13.1 Å². The van der Waals surface area contributed by atoms with Crippen LogP contribution in [0.25, 0.3) is 0 Å². The topological polar surface area (TPSA) is 37.4 Å². The van der Waals surface area contributed by atoms with Gasteiger partial charge >= 0.3 is 0 Å². The lowest BCUT2D eigenvalue weighted by atomic mass is 9.73. The Morgan fingerprint density at radius 2 is 1.63 bits per heavy atom. The SMILES string of the molecule is O=C1C=C(N2CCCCC2)C(=O)[C@@H]2[C@@H]1[C@@H]1C=C[C@H]2C1. The van der Waals surface area contributed by atoms with E-state index in [1.165, 1.54) is 6.42 Å². The molecule has 0 aromatic carbocycles. The van der Waals surface area contributed by atoms with Crippen LogP contribution in [0.2, 0.25) is 0 Å². The Morgan fingerprint density at radius 3 is 2.37 bits per heavy atom. The van der Waals surface area contributed by atoms with Crippen molar-refractivity contribution in [2.24, 2.45) is 23.7 Å². The minimum absolute atomic E-state index is 0.0453. The number of Topliss-reactive ketones (excluding diaryl/α,β-unsaturated/α-hetero) is 1. The molecule has 3 nitrogen and oxygen atoms in total. The summed E-state index contributed by atoms with van der Waals surface area (Å²) in [6.07, 6.45) is 10.5. The summed E-state index contributed by atoms with van der Waals surface area (Å²) < 4.78 is 0. The molecule has 4 aliphatic rings. The van der Waals surface area contributed by atoms with E-state index in [4.69, 9.17) is 0 Å². The Labute approximate surface area is 113 Å².